The Labute approximate surface area is 131 Å². The summed E-state index contributed by atoms with van der Waals surface area (Å²) in [5.74, 6) is 0.0338. The number of methoxy groups -OCH3 is 1. The number of hydrogen-bond donors (Lipinski definition) is 4. The van der Waals surface area contributed by atoms with E-state index in [0.717, 1.165) is 0 Å². The quantitative estimate of drug-likeness (QED) is 0.368. The van der Waals surface area contributed by atoms with Gasteiger partial charge in [-0.3, -0.25) is 9.13 Å². The summed E-state index contributed by atoms with van der Waals surface area (Å²) >= 11 is 0. The fourth-order valence-corrected chi connectivity index (χ4v) is 2.46. The van der Waals surface area contributed by atoms with E-state index in [9.17, 15) is 9.67 Å². The molecule has 0 fully saturated rings. The Bertz CT molecular complexity index is 729. The molecule has 0 amide bonds. The number of aryl methyl sites for hydroxylation is 1. The van der Waals surface area contributed by atoms with E-state index in [1.165, 1.54) is 11.7 Å². The Morgan fingerprint density at radius 2 is 2.00 bits per heavy atom. The average Bonchev–Trinajstić information content (AvgIpc) is 2.75. The Morgan fingerprint density at radius 1 is 1.26 bits per heavy atom. The molecular formula is C11H18N5O6P. The number of fused-ring (bicyclic) bond motifs is 1. The summed E-state index contributed by atoms with van der Waals surface area (Å²) in [7, 11) is -2.58. The first-order valence-corrected chi connectivity index (χ1v) is 8.50. The van der Waals surface area contributed by atoms with E-state index in [1.54, 1.807) is 0 Å². The summed E-state index contributed by atoms with van der Waals surface area (Å²) in [5.41, 5.74) is 6.19. The zero-order chi connectivity index (χ0) is 17.0. The molecule has 0 spiro atoms. The van der Waals surface area contributed by atoms with Gasteiger partial charge in [-0.2, -0.15) is 15.0 Å². The molecule has 128 valence electrons. The smallest absolute Gasteiger partial charge is 0.325 e. The molecule has 0 aliphatic heterocycles. The summed E-state index contributed by atoms with van der Waals surface area (Å²) in [5, 5.41) is 9.87. The van der Waals surface area contributed by atoms with Gasteiger partial charge in [-0.05, 0) is 6.42 Å². The first kappa shape index (κ1) is 17.4. The monoisotopic (exact) mass is 347 g/mol. The van der Waals surface area contributed by atoms with Gasteiger partial charge in [0, 0.05) is 13.7 Å². The molecule has 5 N–H and O–H groups in total. The lowest BCUT2D eigenvalue weighted by Gasteiger charge is -2.08. The third kappa shape index (κ3) is 4.52. The van der Waals surface area contributed by atoms with Crippen molar-refractivity contribution >= 4 is 24.6 Å². The van der Waals surface area contributed by atoms with Crippen LogP contribution in [0, 0.1) is 0 Å². The van der Waals surface area contributed by atoms with E-state index in [0.29, 0.717) is 6.61 Å². The van der Waals surface area contributed by atoms with Crippen molar-refractivity contribution in [3.05, 3.63) is 0 Å². The zero-order valence-corrected chi connectivity index (χ0v) is 13.3. The lowest BCUT2D eigenvalue weighted by molar-refractivity contribution is 0.141. The molecule has 2 aromatic heterocycles. The van der Waals surface area contributed by atoms with Crippen LogP contribution >= 0.6 is 7.60 Å². The molecule has 23 heavy (non-hydrogen) atoms. The van der Waals surface area contributed by atoms with Gasteiger partial charge in [0.05, 0.1) is 12.8 Å². The maximum absolute atomic E-state index is 10.9. The van der Waals surface area contributed by atoms with E-state index >= 15 is 0 Å². The van der Waals surface area contributed by atoms with Crippen LogP contribution in [0.2, 0.25) is 0 Å². The topological polar surface area (TPSA) is 166 Å². The van der Waals surface area contributed by atoms with Crippen molar-refractivity contribution in [2.45, 2.75) is 13.0 Å². The zero-order valence-electron chi connectivity index (χ0n) is 12.4. The summed E-state index contributed by atoms with van der Waals surface area (Å²) in [6, 6.07) is -0.357. The van der Waals surface area contributed by atoms with E-state index in [-0.39, 0.29) is 54.7 Å². The Kier molecular flexibility index (Phi) is 5.37. The fraction of sp³-hybridized carbons (Fsp3) is 0.545. The van der Waals surface area contributed by atoms with Gasteiger partial charge in [-0.15, -0.1) is 0 Å². The maximum Gasteiger partial charge on any atom is 0.325 e. The molecule has 11 nitrogen and oxygen atoms in total. The number of hydrogen-bond acceptors (Lipinski definition) is 8. The van der Waals surface area contributed by atoms with Crippen molar-refractivity contribution in [3.63, 3.8) is 0 Å². The number of nitrogen functional groups attached to an aromatic ring is 1. The van der Waals surface area contributed by atoms with Gasteiger partial charge in [0.2, 0.25) is 0 Å². The summed E-state index contributed by atoms with van der Waals surface area (Å²) in [4.78, 5) is 29.7. The number of ether oxygens (including phenoxy) is 2. The highest BCUT2D eigenvalue weighted by Gasteiger charge is 2.18. The molecule has 2 heterocycles. The van der Waals surface area contributed by atoms with Gasteiger partial charge < -0.3 is 30.1 Å². The highest BCUT2D eigenvalue weighted by atomic mass is 31.2. The number of rotatable bonds is 8. The predicted octanol–water partition coefficient (Wildman–Crippen LogP) is -0.293. The third-order valence-electron chi connectivity index (χ3n) is 2.93. The lowest BCUT2D eigenvalue weighted by Crippen LogP contribution is -2.09. The number of aromatic nitrogens is 4. The summed E-state index contributed by atoms with van der Waals surface area (Å²) in [6.07, 6.45) is -0.184. The molecule has 0 aliphatic rings. The van der Waals surface area contributed by atoms with Crippen LogP contribution in [0.25, 0.3) is 11.2 Å². The molecule has 12 heteroatoms. The van der Waals surface area contributed by atoms with Gasteiger partial charge >= 0.3 is 13.6 Å². The van der Waals surface area contributed by atoms with Crippen LogP contribution in [-0.2, 0) is 15.8 Å². The van der Waals surface area contributed by atoms with Crippen molar-refractivity contribution in [1.29, 1.82) is 0 Å². The molecule has 0 aliphatic carbocycles. The number of anilines is 1. The normalized spacial score (nSPS) is 12.0. The molecule has 2 rings (SSSR count). The molecular weight excluding hydrogens is 329 g/mol. The van der Waals surface area contributed by atoms with Crippen molar-refractivity contribution in [1.82, 2.24) is 19.5 Å². The number of imidazole rings is 1. The number of nitrogens with two attached hydrogens (primary N) is 1. The molecule has 0 aromatic carbocycles. The van der Waals surface area contributed by atoms with Crippen molar-refractivity contribution in [2.75, 3.05) is 32.2 Å². The van der Waals surface area contributed by atoms with E-state index in [2.05, 4.69) is 15.0 Å². The predicted molar refractivity (Wildman–Crippen MR) is 80.3 cm³/mol. The Hall–Kier alpha value is -1.94. The van der Waals surface area contributed by atoms with Crippen LogP contribution in [0.3, 0.4) is 0 Å². The number of aromatic hydroxyl groups is 1. The molecule has 0 saturated heterocycles. The SMILES string of the molecule is COCCOc1nc(N)c2nc(O)n(CCCP(=O)(O)O)c2n1. The van der Waals surface area contributed by atoms with Crippen LogP contribution in [0.15, 0.2) is 0 Å². The minimum absolute atomic E-state index is 0.00295. The summed E-state index contributed by atoms with van der Waals surface area (Å²) < 4.78 is 22.3. The van der Waals surface area contributed by atoms with Crippen LogP contribution in [0.5, 0.6) is 12.0 Å². The molecule has 0 atom stereocenters. The van der Waals surface area contributed by atoms with E-state index in [4.69, 9.17) is 25.0 Å². The lowest BCUT2D eigenvalue weighted by atomic mass is 10.4. The standard InChI is InChI=1S/C11H18N5O6P/c1-21-4-5-22-10-14-8(12)7-9(15-10)16(11(17)13-7)3-2-6-23(18,19)20/h2-6H2,1H3,(H,13,17)(H2,12,14,15)(H2,18,19,20). The van der Waals surface area contributed by atoms with Crippen LogP contribution < -0.4 is 10.5 Å². The van der Waals surface area contributed by atoms with E-state index in [1.807, 2.05) is 0 Å². The molecule has 0 bridgehead atoms. The molecule has 2 aromatic rings. The second kappa shape index (κ2) is 7.09. The highest BCUT2D eigenvalue weighted by molar-refractivity contribution is 7.51. The first-order valence-electron chi connectivity index (χ1n) is 6.71. The maximum atomic E-state index is 10.9. The first-order chi connectivity index (χ1) is 10.8. The van der Waals surface area contributed by atoms with Gasteiger partial charge in [-0.25, -0.2) is 0 Å². The summed E-state index contributed by atoms with van der Waals surface area (Å²) in [6.45, 7) is 0.676. The van der Waals surface area contributed by atoms with Crippen molar-refractivity contribution in [3.8, 4) is 12.0 Å². The Balaban J connectivity index is 2.25. The minimum atomic E-state index is -4.11. The van der Waals surface area contributed by atoms with Crippen molar-refractivity contribution in [2.24, 2.45) is 0 Å². The molecule has 0 radical (unpaired) electrons. The van der Waals surface area contributed by atoms with Gasteiger partial charge in [0.1, 0.15) is 6.61 Å². The molecule has 0 unspecified atom stereocenters. The highest BCUT2D eigenvalue weighted by Crippen LogP contribution is 2.35. The largest absolute Gasteiger partial charge is 0.480 e. The van der Waals surface area contributed by atoms with Crippen molar-refractivity contribution < 1.29 is 28.9 Å². The van der Waals surface area contributed by atoms with Gasteiger partial charge in [-0.1, -0.05) is 0 Å². The second-order valence-electron chi connectivity index (χ2n) is 4.71. The van der Waals surface area contributed by atoms with Gasteiger partial charge in [0.25, 0.3) is 6.01 Å². The Morgan fingerprint density at radius 3 is 2.65 bits per heavy atom. The minimum Gasteiger partial charge on any atom is -0.480 e. The molecule has 0 saturated carbocycles. The average molecular weight is 347 g/mol. The number of nitrogens with zero attached hydrogens (tertiary/aromatic N) is 4. The third-order valence-corrected chi connectivity index (χ3v) is 3.83. The van der Waals surface area contributed by atoms with E-state index < -0.39 is 7.60 Å². The van der Waals surface area contributed by atoms with Crippen LogP contribution in [-0.4, -0.2) is 60.9 Å². The van der Waals surface area contributed by atoms with Gasteiger partial charge in [0.15, 0.2) is 17.0 Å². The van der Waals surface area contributed by atoms with Crippen LogP contribution in [0.4, 0.5) is 5.82 Å². The second-order valence-corrected chi connectivity index (χ2v) is 6.49. The van der Waals surface area contributed by atoms with Crippen LogP contribution in [0.1, 0.15) is 6.42 Å². The fourth-order valence-electron chi connectivity index (χ4n) is 1.91.